The van der Waals surface area contributed by atoms with E-state index >= 15 is 0 Å². The van der Waals surface area contributed by atoms with Gasteiger partial charge in [0.15, 0.2) is 0 Å². The third-order valence-electron chi connectivity index (χ3n) is 3.82. The highest BCUT2D eigenvalue weighted by Crippen LogP contribution is 2.28. The topological polar surface area (TPSA) is 70.8 Å². The van der Waals surface area contributed by atoms with E-state index < -0.39 is 17.8 Å². The second-order valence-corrected chi connectivity index (χ2v) is 5.19. The lowest BCUT2D eigenvalue weighted by atomic mass is 9.82. The third kappa shape index (κ3) is 2.92. The first kappa shape index (κ1) is 14.4. The van der Waals surface area contributed by atoms with Gasteiger partial charge in [-0.05, 0) is 25.8 Å². The van der Waals surface area contributed by atoms with E-state index in [4.69, 9.17) is 4.42 Å². The number of amides is 1. The average Bonchev–Trinajstić information content (AvgIpc) is 2.83. The highest BCUT2D eigenvalue weighted by molar-refractivity contribution is 5.85. The molecular formula is C15H19NO4. The van der Waals surface area contributed by atoms with Crippen LogP contribution in [0.3, 0.4) is 0 Å². The molecule has 2 rings (SSSR count). The summed E-state index contributed by atoms with van der Waals surface area (Å²) in [7, 11) is 1.70. The smallest absolute Gasteiger partial charge is 0.307 e. The van der Waals surface area contributed by atoms with Crippen LogP contribution in [0.25, 0.3) is 0 Å². The number of hydrogen-bond acceptors (Lipinski definition) is 3. The Balaban J connectivity index is 2.07. The van der Waals surface area contributed by atoms with Crippen molar-refractivity contribution in [1.29, 1.82) is 0 Å². The molecule has 1 aliphatic rings. The van der Waals surface area contributed by atoms with Crippen LogP contribution >= 0.6 is 0 Å². The van der Waals surface area contributed by atoms with Crippen molar-refractivity contribution in [3.05, 3.63) is 35.8 Å². The minimum atomic E-state index is -0.902. The SMILES string of the molecule is Cc1occc1CN(C)C(=O)[C@@H]1CC=CC[C@@H]1C(=O)O. The molecule has 108 valence electrons. The molecule has 0 spiro atoms. The molecule has 1 aliphatic carbocycles. The first-order valence-electron chi connectivity index (χ1n) is 6.66. The number of aryl methyl sites for hydroxylation is 1. The maximum absolute atomic E-state index is 12.4. The van der Waals surface area contributed by atoms with Crippen molar-refractivity contribution in [2.75, 3.05) is 7.05 Å². The molecule has 0 unspecified atom stereocenters. The maximum atomic E-state index is 12.4. The number of hydrogen-bond donors (Lipinski definition) is 1. The predicted molar refractivity (Wildman–Crippen MR) is 72.9 cm³/mol. The quantitative estimate of drug-likeness (QED) is 0.857. The second kappa shape index (κ2) is 5.94. The van der Waals surface area contributed by atoms with Gasteiger partial charge in [0, 0.05) is 19.2 Å². The molecule has 1 amide bonds. The van der Waals surface area contributed by atoms with Crippen LogP contribution in [0.4, 0.5) is 0 Å². The number of carboxylic acid groups (broad SMARTS) is 1. The van der Waals surface area contributed by atoms with Gasteiger partial charge < -0.3 is 14.4 Å². The Hall–Kier alpha value is -2.04. The van der Waals surface area contributed by atoms with Crippen LogP contribution in [-0.4, -0.2) is 28.9 Å². The summed E-state index contributed by atoms with van der Waals surface area (Å²) in [6, 6.07) is 1.83. The normalized spacial score (nSPS) is 21.7. The van der Waals surface area contributed by atoms with E-state index in [0.717, 1.165) is 11.3 Å². The molecule has 0 saturated heterocycles. The van der Waals surface area contributed by atoms with Crippen molar-refractivity contribution >= 4 is 11.9 Å². The van der Waals surface area contributed by atoms with Crippen molar-refractivity contribution in [2.45, 2.75) is 26.3 Å². The van der Waals surface area contributed by atoms with Gasteiger partial charge in [0.25, 0.3) is 0 Å². The van der Waals surface area contributed by atoms with Crippen LogP contribution in [0.2, 0.25) is 0 Å². The number of carbonyl (C=O) groups excluding carboxylic acids is 1. The van der Waals surface area contributed by atoms with Gasteiger partial charge in [-0.3, -0.25) is 9.59 Å². The van der Waals surface area contributed by atoms with E-state index in [0.29, 0.717) is 19.4 Å². The van der Waals surface area contributed by atoms with Crippen LogP contribution in [0.5, 0.6) is 0 Å². The molecule has 0 aromatic carbocycles. The van der Waals surface area contributed by atoms with Crippen LogP contribution < -0.4 is 0 Å². The Labute approximate surface area is 117 Å². The van der Waals surface area contributed by atoms with Gasteiger partial charge in [0.05, 0.1) is 18.1 Å². The number of carbonyl (C=O) groups is 2. The zero-order valence-corrected chi connectivity index (χ0v) is 11.7. The van der Waals surface area contributed by atoms with E-state index in [1.54, 1.807) is 18.2 Å². The zero-order valence-electron chi connectivity index (χ0n) is 11.7. The molecular weight excluding hydrogens is 258 g/mol. The summed E-state index contributed by atoms with van der Waals surface area (Å²) in [6.07, 6.45) is 6.23. The van der Waals surface area contributed by atoms with Gasteiger partial charge in [-0.25, -0.2) is 0 Å². The summed E-state index contributed by atoms with van der Waals surface area (Å²) >= 11 is 0. The highest BCUT2D eigenvalue weighted by atomic mass is 16.4. The first-order valence-corrected chi connectivity index (χ1v) is 6.66. The van der Waals surface area contributed by atoms with Crippen molar-refractivity contribution in [2.24, 2.45) is 11.8 Å². The number of aliphatic carboxylic acids is 1. The molecule has 1 aromatic heterocycles. The van der Waals surface area contributed by atoms with Crippen molar-refractivity contribution < 1.29 is 19.1 Å². The summed E-state index contributed by atoms with van der Waals surface area (Å²) in [5, 5.41) is 9.22. The van der Waals surface area contributed by atoms with Crippen molar-refractivity contribution in [1.82, 2.24) is 4.90 Å². The standard InChI is InChI=1S/C15H19NO4/c1-10-11(7-8-20-10)9-16(2)14(17)12-5-3-4-6-13(12)15(18)19/h3-4,7-8,12-13H,5-6,9H2,1-2H3,(H,18,19)/t12-,13+/m1/s1. The molecule has 1 aromatic rings. The lowest BCUT2D eigenvalue weighted by Gasteiger charge is -2.28. The molecule has 5 nitrogen and oxygen atoms in total. The summed E-state index contributed by atoms with van der Waals surface area (Å²) in [4.78, 5) is 25.3. The van der Waals surface area contributed by atoms with Gasteiger partial charge in [-0.15, -0.1) is 0 Å². The molecule has 0 bridgehead atoms. The number of carboxylic acids is 1. The average molecular weight is 277 g/mol. The number of nitrogens with zero attached hydrogens (tertiary/aromatic N) is 1. The molecule has 0 saturated carbocycles. The third-order valence-corrected chi connectivity index (χ3v) is 3.82. The van der Waals surface area contributed by atoms with E-state index in [1.165, 1.54) is 0 Å². The zero-order chi connectivity index (χ0) is 14.7. The summed E-state index contributed by atoms with van der Waals surface area (Å²) < 4.78 is 5.21. The van der Waals surface area contributed by atoms with E-state index in [-0.39, 0.29) is 5.91 Å². The first-order chi connectivity index (χ1) is 9.50. The predicted octanol–water partition coefficient (Wildman–Crippen LogP) is 2.21. The number of rotatable bonds is 4. The molecule has 2 atom stereocenters. The molecule has 1 heterocycles. The monoisotopic (exact) mass is 277 g/mol. The Morgan fingerprint density at radius 3 is 2.55 bits per heavy atom. The van der Waals surface area contributed by atoms with Gasteiger partial charge in [-0.1, -0.05) is 12.2 Å². The van der Waals surface area contributed by atoms with E-state index in [9.17, 15) is 14.7 Å². The highest BCUT2D eigenvalue weighted by Gasteiger charge is 2.35. The van der Waals surface area contributed by atoms with Crippen LogP contribution in [0.15, 0.2) is 28.9 Å². The van der Waals surface area contributed by atoms with Gasteiger partial charge in [0.1, 0.15) is 5.76 Å². The fourth-order valence-electron chi connectivity index (χ4n) is 2.55. The lowest BCUT2D eigenvalue weighted by molar-refractivity contribution is -0.150. The molecule has 20 heavy (non-hydrogen) atoms. The Morgan fingerprint density at radius 2 is 2.00 bits per heavy atom. The fourth-order valence-corrected chi connectivity index (χ4v) is 2.55. The Kier molecular flexibility index (Phi) is 4.27. The minimum Gasteiger partial charge on any atom is -0.481 e. The van der Waals surface area contributed by atoms with E-state index in [2.05, 4.69) is 0 Å². The number of allylic oxidation sites excluding steroid dienone is 2. The van der Waals surface area contributed by atoms with Crippen molar-refractivity contribution in [3.8, 4) is 0 Å². The molecule has 5 heteroatoms. The van der Waals surface area contributed by atoms with Gasteiger partial charge >= 0.3 is 5.97 Å². The summed E-state index contributed by atoms with van der Waals surface area (Å²) in [6.45, 7) is 2.28. The summed E-state index contributed by atoms with van der Waals surface area (Å²) in [5.41, 5.74) is 0.944. The van der Waals surface area contributed by atoms with Gasteiger partial charge in [-0.2, -0.15) is 0 Å². The molecule has 0 radical (unpaired) electrons. The Morgan fingerprint density at radius 1 is 1.35 bits per heavy atom. The second-order valence-electron chi connectivity index (χ2n) is 5.19. The van der Waals surface area contributed by atoms with Crippen LogP contribution in [0, 0.1) is 18.8 Å². The molecule has 0 aliphatic heterocycles. The maximum Gasteiger partial charge on any atom is 0.307 e. The van der Waals surface area contributed by atoms with Gasteiger partial charge in [0.2, 0.25) is 5.91 Å². The molecule has 0 fully saturated rings. The largest absolute Gasteiger partial charge is 0.481 e. The fraction of sp³-hybridized carbons (Fsp3) is 0.467. The minimum absolute atomic E-state index is 0.123. The summed E-state index contributed by atoms with van der Waals surface area (Å²) in [5.74, 6) is -1.35. The Bertz CT molecular complexity index is 532. The van der Waals surface area contributed by atoms with E-state index in [1.807, 2.05) is 25.1 Å². The van der Waals surface area contributed by atoms with Crippen LogP contribution in [0.1, 0.15) is 24.2 Å². The lowest BCUT2D eigenvalue weighted by Crippen LogP contribution is -2.39. The van der Waals surface area contributed by atoms with Crippen LogP contribution in [-0.2, 0) is 16.1 Å². The van der Waals surface area contributed by atoms with Crippen molar-refractivity contribution in [3.63, 3.8) is 0 Å². The molecule has 1 N–H and O–H groups in total. The number of furan rings is 1.